The predicted octanol–water partition coefficient (Wildman–Crippen LogP) is 2.89. The first-order valence-electron chi connectivity index (χ1n) is 9.14. The average molecular weight is 388 g/mol. The Labute approximate surface area is 166 Å². The molecule has 2 aromatic heterocycles. The number of benzene rings is 2. The summed E-state index contributed by atoms with van der Waals surface area (Å²) in [6.07, 6.45) is 1.59. The second kappa shape index (κ2) is 7.59. The Morgan fingerprint density at radius 1 is 1.00 bits per heavy atom. The average Bonchev–Trinajstić information content (AvgIpc) is 2.98. The van der Waals surface area contributed by atoms with Crippen LogP contribution in [0.25, 0.3) is 5.78 Å². The minimum absolute atomic E-state index is 0.198. The highest BCUT2D eigenvalue weighted by atomic mass is 16.2. The van der Waals surface area contributed by atoms with Crippen LogP contribution in [0, 0.1) is 13.8 Å². The minimum Gasteiger partial charge on any atom is -0.340 e. The lowest BCUT2D eigenvalue weighted by molar-refractivity contribution is -0.117. The molecule has 2 N–H and O–H groups in total. The van der Waals surface area contributed by atoms with E-state index in [4.69, 9.17) is 0 Å². The van der Waals surface area contributed by atoms with Crippen molar-refractivity contribution in [2.45, 2.75) is 20.4 Å². The van der Waals surface area contributed by atoms with Crippen LogP contribution in [0.5, 0.6) is 0 Å². The molecule has 146 valence electrons. The molecular weight excluding hydrogens is 368 g/mol. The number of amides is 1. The van der Waals surface area contributed by atoms with E-state index in [1.165, 1.54) is 4.40 Å². The van der Waals surface area contributed by atoms with Crippen molar-refractivity contribution in [3.63, 3.8) is 0 Å². The van der Waals surface area contributed by atoms with E-state index in [9.17, 15) is 9.59 Å². The number of anilines is 3. The van der Waals surface area contributed by atoms with Crippen molar-refractivity contribution in [3.05, 3.63) is 82.4 Å². The fourth-order valence-electron chi connectivity index (χ4n) is 2.92. The van der Waals surface area contributed by atoms with Gasteiger partial charge < -0.3 is 10.6 Å². The van der Waals surface area contributed by atoms with Crippen LogP contribution < -0.4 is 16.3 Å². The van der Waals surface area contributed by atoms with E-state index in [2.05, 4.69) is 20.7 Å². The largest absolute Gasteiger partial charge is 0.352 e. The number of hydrogen-bond donors (Lipinski definition) is 2. The fourth-order valence-corrected chi connectivity index (χ4v) is 2.92. The summed E-state index contributed by atoms with van der Waals surface area (Å²) >= 11 is 0. The summed E-state index contributed by atoms with van der Waals surface area (Å²) in [7, 11) is 0. The molecule has 4 aromatic rings. The van der Waals surface area contributed by atoms with Gasteiger partial charge in [0.25, 0.3) is 5.78 Å². The Morgan fingerprint density at radius 2 is 1.79 bits per heavy atom. The highest BCUT2D eigenvalue weighted by molar-refractivity contribution is 5.90. The summed E-state index contributed by atoms with van der Waals surface area (Å²) in [6, 6.07) is 17.0. The Balaban J connectivity index is 1.53. The maximum absolute atomic E-state index is 12.5. The van der Waals surface area contributed by atoms with Gasteiger partial charge in [-0.05, 0) is 49.7 Å². The number of nitrogens with one attached hydrogen (secondary N) is 2. The minimum atomic E-state index is -0.422. The van der Waals surface area contributed by atoms with Crippen LogP contribution in [0.1, 0.15) is 11.1 Å². The second-order valence-electron chi connectivity index (χ2n) is 6.83. The molecule has 0 fully saturated rings. The summed E-state index contributed by atoms with van der Waals surface area (Å²) in [4.78, 5) is 29.2. The lowest BCUT2D eigenvalue weighted by Gasteiger charge is -2.05. The predicted molar refractivity (Wildman–Crippen MR) is 112 cm³/mol. The number of carbonyl (C=O) groups is 1. The van der Waals surface area contributed by atoms with Crippen LogP contribution >= 0.6 is 0 Å². The summed E-state index contributed by atoms with van der Waals surface area (Å²) < 4.78 is 2.41. The molecule has 0 spiro atoms. The Morgan fingerprint density at radius 3 is 2.55 bits per heavy atom. The first-order chi connectivity index (χ1) is 14.0. The van der Waals surface area contributed by atoms with Crippen molar-refractivity contribution in [1.29, 1.82) is 0 Å². The molecule has 0 aliphatic rings. The third-order valence-corrected chi connectivity index (χ3v) is 4.37. The fraction of sp³-hybridized carbons (Fsp3) is 0.143. The molecule has 0 aliphatic heterocycles. The maximum Gasteiger partial charge on any atom is 0.352 e. The maximum atomic E-state index is 12.5. The molecular formula is C21H20N6O2. The van der Waals surface area contributed by atoms with Gasteiger partial charge in [-0.1, -0.05) is 29.8 Å². The number of rotatable bonds is 5. The van der Waals surface area contributed by atoms with E-state index in [0.29, 0.717) is 11.5 Å². The summed E-state index contributed by atoms with van der Waals surface area (Å²) in [6.45, 7) is 3.76. The molecule has 0 unspecified atom stereocenters. The second-order valence-corrected chi connectivity index (χ2v) is 6.83. The van der Waals surface area contributed by atoms with Gasteiger partial charge in [-0.15, -0.1) is 5.10 Å². The molecule has 2 heterocycles. The third kappa shape index (κ3) is 4.16. The van der Waals surface area contributed by atoms with Gasteiger partial charge in [-0.3, -0.25) is 4.79 Å². The number of nitrogens with zero attached hydrogens (tertiary/aromatic N) is 4. The molecule has 29 heavy (non-hydrogen) atoms. The Kier molecular flexibility index (Phi) is 4.82. The molecule has 2 aromatic carbocycles. The van der Waals surface area contributed by atoms with Crippen molar-refractivity contribution in [2.24, 2.45) is 0 Å². The van der Waals surface area contributed by atoms with Crippen LogP contribution in [-0.2, 0) is 11.3 Å². The van der Waals surface area contributed by atoms with E-state index >= 15 is 0 Å². The van der Waals surface area contributed by atoms with Crippen LogP contribution in [0.4, 0.5) is 17.2 Å². The highest BCUT2D eigenvalue weighted by Crippen LogP contribution is 2.15. The Hall–Kier alpha value is -3.94. The topological polar surface area (TPSA) is 93.3 Å². The first kappa shape index (κ1) is 18.4. The van der Waals surface area contributed by atoms with Gasteiger partial charge in [-0.2, -0.15) is 4.98 Å². The van der Waals surface area contributed by atoms with Crippen LogP contribution in [0.15, 0.2) is 65.6 Å². The lowest BCUT2D eigenvalue weighted by atomic mass is 10.2. The molecule has 1 amide bonds. The molecule has 4 rings (SSSR count). The summed E-state index contributed by atoms with van der Waals surface area (Å²) in [5, 5.41) is 10.1. The van der Waals surface area contributed by atoms with Gasteiger partial charge in [-0.25, -0.2) is 13.9 Å². The van der Waals surface area contributed by atoms with E-state index in [0.717, 1.165) is 21.5 Å². The van der Waals surface area contributed by atoms with Gasteiger partial charge in [0.2, 0.25) is 5.91 Å². The Bertz CT molecular complexity index is 1240. The number of hydrogen-bond acceptors (Lipinski definition) is 5. The van der Waals surface area contributed by atoms with Crippen LogP contribution in [0.3, 0.4) is 0 Å². The quantitative estimate of drug-likeness (QED) is 0.548. The number of carbonyl (C=O) groups excluding carboxylic acids is 1. The zero-order valence-electron chi connectivity index (χ0n) is 16.1. The molecule has 0 radical (unpaired) electrons. The molecule has 0 bridgehead atoms. The number of fused-ring (bicyclic) bond motifs is 1. The van der Waals surface area contributed by atoms with Crippen molar-refractivity contribution in [2.75, 3.05) is 10.6 Å². The van der Waals surface area contributed by atoms with Gasteiger partial charge in [0.15, 0.2) is 0 Å². The van der Waals surface area contributed by atoms with Gasteiger partial charge in [0, 0.05) is 17.6 Å². The molecule has 8 heteroatoms. The third-order valence-electron chi connectivity index (χ3n) is 4.37. The number of aromatic nitrogens is 4. The van der Waals surface area contributed by atoms with E-state index in [-0.39, 0.29) is 18.2 Å². The standard InChI is InChI=1S/C21H20N6O2/c1-14-6-8-16(9-7-14)22-18-10-11-26-20(24-18)25-27(21(26)29)13-19(28)23-17-5-3-4-15(2)12-17/h3-12H,13H2,1-2H3,(H,23,28)(H,22,24,25). The monoisotopic (exact) mass is 388 g/mol. The zero-order chi connectivity index (χ0) is 20.4. The van der Waals surface area contributed by atoms with Crippen molar-refractivity contribution in [3.8, 4) is 0 Å². The smallest absolute Gasteiger partial charge is 0.340 e. The van der Waals surface area contributed by atoms with E-state index in [1.807, 2.05) is 56.3 Å². The molecule has 0 atom stereocenters. The van der Waals surface area contributed by atoms with Gasteiger partial charge in [0.1, 0.15) is 12.4 Å². The molecule has 8 nitrogen and oxygen atoms in total. The van der Waals surface area contributed by atoms with Crippen molar-refractivity contribution >= 4 is 28.9 Å². The van der Waals surface area contributed by atoms with Gasteiger partial charge >= 0.3 is 5.69 Å². The summed E-state index contributed by atoms with van der Waals surface area (Å²) in [5.41, 5.74) is 3.33. The normalized spacial score (nSPS) is 10.8. The first-order valence-corrected chi connectivity index (χ1v) is 9.14. The lowest BCUT2D eigenvalue weighted by Crippen LogP contribution is -2.28. The molecule has 0 saturated heterocycles. The van der Waals surface area contributed by atoms with Crippen molar-refractivity contribution < 1.29 is 4.79 Å². The highest BCUT2D eigenvalue weighted by Gasteiger charge is 2.12. The summed E-state index contributed by atoms with van der Waals surface area (Å²) in [5.74, 6) is 0.442. The number of aryl methyl sites for hydroxylation is 2. The van der Waals surface area contributed by atoms with Crippen molar-refractivity contribution in [1.82, 2.24) is 19.2 Å². The zero-order valence-corrected chi connectivity index (χ0v) is 16.1. The molecule has 0 saturated carbocycles. The molecule has 0 aliphatic carbocycles. The van der Waals surface area contributed by atoms with Crippen LogP contribution in [0.2, 0.25) is 0 Å². The van der Waals surface area contributed by atoms with E-state index in [1.54, 1.807) is 18.3 Å². The van der Waals surface area contributed by atoms with E-state index < -0.39 is 5.69 Å². The van der Waals surface area contributed by atoms with Gasteiger partial charge in [0.05, 0.1) is 0 Å². The SMILES string of the molecule is Cc1ccc(Nc2ccn3c(=O)n(CC(=O)Nc4cccc(C)c4)nc3n2)cc1. The van der Waals surface area contributed by atoms with Crippen LogP contribution in [-0.4, -0.2) is 25.1 Å².